The lowest BCUT2D eigenvalue weighted by Crippen LogP contribution is -2.43. The molecule has 1 aliphatic carbocycles. The van der Waals surface area contributed by atoms with Crippen molar-refractivity contribution in [2.45, 2.75) is 70.8 Å². The number of allylic oxidation sites excluding steroid dienone is 1. The summed E-state index contributed by atoms with van der Waals surface area (Å²) in [7, 11) is 0. The fourth-order valence-corrected chi connectivity index (χ4v) is 4.10. The minimum Gasteiger partial charge on any atom is -0.352 e. The van der Waals surface area contributed by atoms with E-state index in [0.717, 1.165) is 45.1 Å². The number of amides is 2. The van der Waals surface area contributed by atoms with Crippen molar-refractivity contribution >= 4 is 11.8 Å². The van der Waals surface area contributed by atoms with E-state index in [2.05, 4.69) is 23.3 Å². The summed E-state index contributed by atoms with van der Waals surface area (Å²) in [5, 5.41) is 2.98. The summed E-state index contributed by atoms with van der Waals surface area (Å²) in [5.41, 5.74) is 2.33. The molecule has 146 valence electrons. The smallest absolute Gasteiger partial charge is 0.272 e. The second-order valence-electron chi connectivity index (χ2n) is 7.60. The van der Waals surface area contributed by atoms with E-state index < -0.39 is 0 Å². The predicted molar refractivity (Wildman–Crippen MR) is 107 cm³/mol. The molecule has 5 nitrogen and oxygen atoms in total. The number of pyridine rings is 1. The molecule has 1 aromatic heterocycles. The van der Waals surface area contributed by atoms with Crippen molar-refractivity contribution in [3.05, 3.63) is 41.2 Å². The second-order valence-corrected chi connectivity index (χ2v) is 7.60. The van der Waals surface area contributed by atoms with E-state index in [0.29, 0.717) is 17.8 Å². The molecule has 0 radical (unpaired) electrons. The van der Waals surface area contributed by atoms with Crippen LogP contribution < -0.4 is 5.32 Å². The molecular weight excluding hydrogens is 338 g/mol. The third kappa shape index (κ3) is 5.18. The molecule has 2 heterocycles. The van der Waals surface area contributed by atoms with Gasteiger partial charge in [0.1, 0.15) is 5.69 Å². The molecule has 1 aliphatic heterocycles. The largest absolute Gasteiger partial charge is 0.352 e. The zero-order valence-corrected chi connectivity index (χ0v) is 16.4. The summed E-state index contributed by atoms with van der Waals surface area (Å²) in [6.45, 7) is 3.54. The highest BCUT2D eigenvalue weighted by Gasteiger charge is 2.27. The number of carbonyl (C=O) groups is 2. The lowest BCUT2D eigenvalue weighted by molar-refractivity contribution is 0.0602. The topological polar surface area (TPSA) is 62.3 Å². The maximum absolute atomic E-state index is 12.9. The number of carbonyl (C=O) groups excluding carboxylic acids is 2. The first-order valence-electron chi connectivity index (χ1n) is 10.4. The van der Waals surface area contributed by atoms with Crippen LogP contribution >= 0.6 is 0 Å². The van der Waals surface area contributed by atoms with Crippen LogP contribution in [0.3, 0.4) is 0 Å². The molecule has 1 saturated heterocycles. The number of nitrogens with zero attached hydrogens (tertiary/aromatic N) is 2. The first kappa shape index (κ1) is 19.6. The Morgan fingerprint density at radius 3 is 2.93 bits per heavy atom. The Kier molecular flexibility index (Phi) is 7.02. The first-order valence-corrected chi connectivity index (χ1v) is 10.4. The van der Waals surface area contributed by atoms with E-state index in [1.54, 1.807) is 18.3 Å². The number of rotatable bonds is 6. The highest BCUT2D eigenvalue weighted by Crippen LogP contribution is 2.22. The predicted octanol–water partition coefficient (Wildman–Crippen LogP) is 4.11. The molecular formula is C22H31N3O2. The number of hydrogen-bond donors (Lipinski definition) is 1. The van der Waals surface area contributed by atoms with Gasteiger partial charge < -0.3 is 10.2 Å². The second kappa shape index (κ2) is 9.67. The van der Waals surface area contributed by atoms with Crippen LogP contribution in [0.2, 0.25) is 0 Å². The summed E-state index contributed by atoms with van der Waals surface area (Å²) in [6, 6.07) is 3.60. The van der Waals surface area contributed by atoms with Crippen LogP contribution in [0.5, 0.6) is 0 Å². The molecule has 3 rings (SSSR count). The Labute approximate surface area is 162 Å². The van der Waals surface area contributed by atoms with Gasteiger partial charge in [-0.15, -0.1) is 0 Å². The van der Waals surface area contributed by atoms with Crippen LogP contribution in [0.25, 0.3) is 0 Å². The van der Waals surface area contributed by atoms with Gasteiger partial charge in [0, 0.05) is 30.9 Å². The van der Waals surface area contributed by atoms with Gasteiger partial charge in [0.25, 0.3) is 11.8 Å². The molecule has 1 aromatic rings. The van der Waals surface area contributed by atoms with Crippen molar-refractivity contribution < 1.29 is 9.59 Å². The average molecular weight is 370 g/mol. The van der Waals surface area contributed by atoms with Gasteiger partial charge in [-0.25, -0.2) is 0 Å². The van der Waals surface area contributed by atoms with Crippen molar-refractivity contribution in [2.75, 3.05) is 13.1 Å². The normalized spacial score (nSPS) is 20.1. The van der Waals surface area contributed by atoms with Gasteiger partial charge in [0.05, 0.1) is 0 Å². The van der Waals surface area contributed by atoms with E-state index in [1.165, 1.54) is 24.8 Å². The minimum absolute atomic E-state index is 0.0523. The molecule has 2 aliphatic rings. The summed E-state index contributed by atoms with van der Waals surface area (Å²) in [6.07, 6.45) is 13.9. The lowest BCUT2D eigenvalue weighted by Gasteiger charge is -2.35. The van der Waals surface area contributed by atoms with E-state index in [-0.39, 0.29) is 17.9 Å². The number of hydrogen-bond acceptors (Lipinski definition) is 3. The fourth-order valence-electron chi connectivity index (χ4n) is 4.10. The van der Waals surface area contributed by atoms with Gasteiger partial charge in [-0.1, -0.05) is 18.6 Å². The van der Waals surface area contributed by atoms with Gasteiger partial charge >= 0.3 is 0 Å². The lowest BCUT2D eigenvalue weighted by atomic mass is 9.97. The average Bonchev–Trinajstić information content (AvgIpc) is 2.74. The van der Waals surface area contributed by atoms with Crippen molar-refractivity contribution in [3.63, 3.8) is 0 Å². The van der Waals surface area contributed by atoms with Crippen LogP contribution in [0.4, 0.5) is 0 Å². The molecule has 1 atom stereocenters. The Hall–Kier alpha value is -2.17. The third-order valence-electron chi connectivity index (χ3n) is 5.72. The van der Waals surface area contributed by atoms with Crippen LogP contribution in [-0.4, -0.2) is 40.8 Å². The first-order chi connectivity index (χ1) is 13.2. The Balaban J connectivity index is 1.59. The Morgan fingerprint density at radius 1 is 1.26 bits per heavy atom. The van der Waals surface area contributed by atoms with Gasteiger partial charge in [-0.3, -0.25) is 14.6 Å². The highest BCUT2D eigenvalue weighted by atomic mass is 16.2. The molecule has 5 heteroatoms. The van der Waals surface area contributed by atoms with Crippen molar-refractivity contribution in [1.29, 1.82) is 0 Å². The van der Waals surface area contributed by atoms with Crippen LogP contribution in [0, 0.1) is 0 Å². The molecule has 0 spiro atoms. The third-order valence-corrected chi connectivity index (χ3v) is 5.72. The molecule has 27 heavy (non-hydrogen) atoms. The highest BCUT2D eigenvalue weighted by molar-refractivity contribution is 5.98. The van der Waals surface area contributed by atoms with E-state index >= 15 is 0 Å². The van der Waals surface area contributed by atoms with Crippen molar-refractivity contribution in [2.24, 2.45) is 0 Å². The number of nitrogens with one attached hydrogen (secondary N) is 1. The van der Waals surface area contributed by atoms with E-state index in [1.807, 2.05) is 4.90 Å². The van der Waals surface area contributed by atoms with Crippen molar-refractivity contribution in [3.8, 4) is 0 Å². The zero-order chi connectivity index (χ0) is 19.1. The summed E-state index contributed by atoms with van der Waals surface area (Å²) in [5.74, 6) is -0.183. The Bertz CT molecular complexity index is 699. The number of likely N-dealkylation sites (tertiary alicyclic amines) is 1. The SMILES string of the molecule is CCC1CCCCN1C(=O)c1cc(C(=O)NCCC2=CCCCC2)ccn1. The Morgan fingerprint density at radius 2 is 2.15 bits per heavy atom. The molecule has 2 amide bonds. The van der Waals surface area contributed by atoms with Gasteiger partial charge in [-0.05, 0) is 69.9 Å². The number of piperidine rings is 1. The van der Waals surface area contributed by atoms with Crippen LogP contribution in [0.1, 0.15) is 85.6 Å². The van der Waals surface area contributed by atoms with Gasteiger partial charge in [0.2, 0.25) is 0 Å². The van der Waals surface area contributed by atoms with Crippen LogP contribution in [0.15, 0.2) is 30.0 Å². The summed E-state index contributed by atoms with van der Waals surface area (Å²) >= 11 is 0. The minimum atomic E-state index is -0.131. The number of aromatic nitrogens is 1. The van der Waals surface area contributed by atoms with Crippen molar-refractivity contribution in [1.82, 2.24) is 15.2 Å². The molecule has 1 fully saturated rings. The maximum Gasteiger partial charge on any atom is 0.272 e. The van der Waals surface area contributed by atoms with Gasteiger partial charge in [-0.2, -0.15) is 0 Å². The fraction of sp³-hybridized carbons (Fsp3) is 0.591. The van der Waals surface area contributed by atoms with Crippen LogP contribution in [-0.2, 0) is 0 Å². The van der Waals surface area contributed by atoms with E-state index in [4.69, 9.17) is 0 Å². The monoisotopic (exact) mass is 369 g/mol. The molecule has 0 saturated carbocycles. The van der Waals surface area contributed by atoms with E-state index in [9.17, 15) is 9.59 Å². The quantitative estimate of drug-likeness (QED) is 0.768. The molecule has 1 unspecified atom stereocenters. The standard InChI is InChI=1S/C22H31N3O2/c1-2-19-10-6-7-15-25(19)22(27)20-16-18(12-14-23-20)21(26)24-13-11-17-8-4-3-5-9-17/h8,12,14,16,19H,2-7,9-11,13,15H2,1H3,(H,24,26). The van der Waals surface area contributed by atoms with Gasteiger partial charge in [0.15, 0.2) is 0 Å². The summed E-state index contributed by atoms with van der Waals surface area (Å²) in [4.78, 5) is 31.5. The molecule has 0 bridgehead atoms. The molecule has 1 N–H and O–H groups in total. The maximum atomic E-state index is 12.9. The zero-order valence-electron chi connectivity index (χ0n) is 16.4. The summed E-state index contributed by atoms with van der Waals surface area (Å²) < 4.78 is 0. The molecule has 0 aromatic carbocycles.